The van der Waals surface area contributed by atoms with E-state index in [9.17, 15) is 0 Å². The minimum Gasteiger partial charge on any atom is -0.482 e. The van der Waals surface area contributed by atoms with Gasteiger partial charge < -0.3 is 9.47 Å². The zero-order chi connectivity index (χ0) is 15.9. The van der Waals surface area contributed by atoms with E-state index in [1.54, 1.807) is 0 Å². The first kappa shape index (κ1) is 15.3. The molecule has 0 N–H and O–H groups in total. The molecular weight excluding hydrogens is 312 g/mol. The minimum atomic E-state index is 0.289. The average molecular weight is 327 g/mol. The maximum Gasteiger partial charge on any atom is 0.278 e. The third-order valence-electron chi connectivity index (χ3n) is 3.18. The van der Waals surface area contributed by atoms with Crippen LogP contribution in [0.1, 0.15) is 11.1 Å². The molecule has 3 rings (SSSR count). The fourth-order valence-corrected chi connectivity index (χ4v) is 2.20. The molecule has 0 aliphatic heterocycles. The quantitative estimate of drug-likeness (QED) is 0.678. The second-order valence-electron chi connectivity index (χ2n) is 4.88. The number of benzene rings is 2. The van der Waals surface area contributed by atoms with Crippen LogP contribution in [0.15, 0.2) is 66.9 Å². The number of rotatable bonds is 6. The number of hydrogen-bond donors (Lipinski definition) is 0. The molecule has 0 fully saturated rings. The molecular formula is C18H15ClN2O2. The monoisotopic (exact) mass is 326 g/mol. The molecule has 0 unspecified atom stereocenters. The van der Waals surface area contributed by atoms with E-state index in [0.29, 0.717) is 24.0 Å². The molecule has 0 atom stereocenters. The second kappa shape index (κ2) is 7.61. The molecule has 1 heterocycles. The van der Waals surface area contributed by atoms with Crippen LogP contribution in [-0.4, -0.2) is 10.2 Å². The lowest BCUT2D eigenvalue weighted by Crippen LogP contribution is -2.03. The Morgan fingerprint density at radius 1 is 0.783 bits per heavy atom. The molecule has 23 heavy (non-hydrogen) atoms. The number of aromatic nitrogens is 2. The predicted molar refractivity (Wildman–Crippen MR) is 88.6 cm³/mol. The highest BCUT2D eigenvalue weighted by Gasteiger charge is 2.13. The van der Waals surface area contributed by atoms with Gasteiger partial charge in [-0.05, 0) is 11.1 Å². The van der Waals surface area contributed by atoms with E-state index < -0.39 is 0 Å². The van der Waals surface area contributed by atoms with Crippen LogP contribution >= 0.6 is 11.6 Å². The van der Waals surface area contributed by atoms with Crippen molar-refractivity contribution in [1.82, 2.24) is 10.2 Å². The van der Waals surface area contributed by atoms with Crippen molar-refractivity contribution in [3.05, 3.63) is 83.0 Å². The lowest BCUT2D eigenvalue weighted by Gasteiger charge is -2.12. The highest BCUT2D eigenvalue weighted by Crippen LogP contribution is 2.33. The van der Waals surface area contributed by atoms with Gasteiger partial charge in [0.05, 0.1) is 6.20 Å². The summed E-state index contributed by atoms with van der Waals surface area (Å²) < 4.78 is 11.5. The fraction of sp³-hybridized carbons (Fsp3) is 0.111. The Labute approximate surface area is 139 Å². The van der Waals surface area contributed by atoms with Gasteiger partial charge in [-0.3, -0.25) is 0 Å². The maximum absolute atomic E-state index is 6.17. The largest absolute Gasteiger partial charge is 0.482 e. The fourth-order valence-electron chi connectivity index (χ4n) is 2.02. The van der Waals surface area contributed by atoms with Crippen molar-refractivity contribution in [3.8, 4) is 11.6 Å². The van der Waals surface area contributed by atoms with Crippen LogP contribution in [-0.2, 0) is 13.2 Å². The molecule has 1 aromatic heterocycles. The van der Waals surface area contributed by atoms with E-state index in [2.05, 4.69) is 10.2 Å². The molecule has 0 aliphatic carbocycles. The van der Waals surface area contributed by atoms with Crippen LogP contribution in [0.3, 0.4) is 0 Å². The van der Waals surface area contributed by atoms with Crippen molar-refractivity contribution in [2.24, 2.45) is 0 Å². The van der Waals surface area contributed by atoms with Crippen LogP contribution in [0.2, 0.25) is 5.02 Å². The van der Waals surface area contributed by atoms with Crippen LogP contribution in [0.4, 0.5) is 0 Å². The number of halogens is 1. The Bertz CT molecular complexity index is 751. The van der Waals surface area contributed by atoms with Gasteiger partial charge >= 0.3 is 0 Å². The number of hydrogen-bond acceptors (Lipinski definition) is 4. The van der Waals surface area contributed by atoms with Gasteiger partial charge in [0, 0.05) is 0 Å². The summed E-state index contributed by atoms with van der Waals surface area (Å²) in [5.74, 6) is 0.693. The first-order chi connectivity index (χ1) is 11.3. The van der Waals surface area contributed by atoms with Crippen molar-refractivity contribution < 1.29 is 9.47 Å². The summed E-state index contributed by atoms with van der Waals surface area (Å²) in [7, 11) is 0. The van der Waals surface area contributed by atoms with Gasteiger partial charge in [-0.1, -0.05) is 72.3 Å². The Morgan fingerprint density at radius 3 is 1.96 bits per heavy atom. The zero-order valence-corrected chi connectivity index (χ0v) is 13.1. The third-order valence-corrected chi connectivity index (χ3v) is 3.44. The van der Waals surface area contributed by atoms with Crippen molar-refractivity contribution in [2.45, 2.75) is 13.2 Å². The van der Waals surface area contributed by atoms with Crippen LogP contribution in [0.5, 0.6) is 11.6 Å². The highest BCUT2D eigenvalue weighted by atomic mass is 35.5. The van der Waals surface area contributed by atoms with Gasteiger partial charge in [-0.2, -0.15) is 5.10 Å². The molecule has 0 aliphatic rings. The third kappa shape index (κ3) is 4.20. The first-order valence-corrected chi connectivity index (χ1v) is 7.55. The highest BCUT2D eigenvalue weighted by molar-refractivity contribution is 6.32. The van der Waals surface area contributed by atoms with E-state index in [-0.39, 0.29) is 5.88 Å². The molecule has 2 aromatic carbocycles. The Morgan fingerprint density at radius 2 is 1.35 bits per heavy atom. The molecule has 0 saturated carbocycles. The summed E-state index contributed by atoms with van der Waals surface area (Å²) in [6.45, 7) is 0.755. The van der Waals surface area contributed by atoms with E-state index in [4.69, 9.17) is 21.1 Å². The summed E-state index contributed by atoms with van der Waals surface area (Å²) in [5, 5.41) is 8.18. The normalized spacial score (nSPS) is 10.3. The molecule has 3 aromatic rings. The topological polar surface area (TPSA) is 44.2 Å². The average Bonchev–Trinajstić information content (AvgIpc) is 2.61. The van der Waals surface area contributed by atoms with Crippen LogP contribution in [0, 0.1) is 0 Å². The van der Waals surface area contributed by atoms with Gasteiger partial charge in [-0.25, -0.2) is 0 Å². The Kier molecular flexibility index (Phi) is 5.06. The molecule has 0 amide bonds. The lowest BCUT2D eigenvalue weighted by molar-refractivity contribution is 0.244. The van der Waals surface area contributed by atoms with Gasteiger partial charge in [0.1, 0.15) is 18.2 Å². The van der Waals surface area contributed by atoms with E-state index in [1.807, 2.05) is 60.7 Å². The molecule has 0 bridgehead atoms. The Hall–Kier alpha value is -2.59. The maximum atomic E-state index is 6.17. The molecule has 4 nitrogen and oxygen atoms in total. The molecule has 0 saturated heterocycles. The van der Waals surface area contributed by atoms with Crippen LogP contribution < -0.4 is 9.47 Å². The molecule has 116 valence electrons. The lowest BCUT2D eigenvalue weighted by atomic mass is 10.2. The molecule has 0 spiro atoms. The van der Waals surface area contributed by atoms with Crippen molar-refractivity contribution in [1.29, 1.82) is 0 Å². The summed E-state index contributed by atoms with van der Waals surface area (Å²) >= 11 is 6.17. The smallest absolute Gasteiger partial charge is 0.278 e. The standard InChI is InChI=1S/C18H15ClN2O2/c19-16-11-20-21-18(23-13-15-9-5-2-6-10-15)17(16)22-12-14-7-3-1-4-8-14/h1-11H,12-13H2. The predicted octanol–water partition coefficient (Wildman–Crippen LogP) is 4.29. The van der Waals surface area contributed by atoms with E-state index in [0.717, 1.165) is 11.1 Å². The van der Waals surface area contributed by atoms with Crippen molar-refractivity contribution in [3.63, 3.8) is 0 Å². The van der Waals surface area contributed by atoms with Gasteiger partial charge in [-0.15, -0.1) is 5.10 Å². The molecule has 5 heteroatoms. The number of nitrogens with zero attached hydrogens (tertiary/aromatic N) is 2. The Balaban J connectivity index is 1.71. The van der Waals surface area contributed by atoms with Crippen molar-refractivity contribution >= 4 is 11.6 Å². The summed E-state index contributed by atoms with van der Waals surface area (Å²) in [6, 6.07) is 19.6. The number of ether oxygens (including phenoxy) is 2. The summed E-state index contributed by atoms with van der Waals surface area (Å²) in [4.78, 5) is 0. The minimum absolute atomic E-state index is 0.289. The van der Waals surface area contributed by atoms with E-state index in [1.165, 1.54) is 6.20 Å². The molecule has 0 radical (unpaired) electrons. The summed E-state index contributed by atoms with van der Waals surface area (Å²) in [6.07, 6.45) is 1.44. The van der Waals surface area contributed by atoms with Crippen molar-refractivity contribution in [2.75, 3.05) is 0 Å². The SMILES string of the molecule is Clc1cnnc(OCc2ccccc2)c1OCc1ccccc1. The summed E-state index contributed by atoms with van der Waals surface area (Å²) in [5.41, 5.74) is 2.07. The van der Waals surface area contributed by atoms with Gasteiger partial charge in [0.15, 0.2) is 0 Å². The van der Waals surface area contributed by atoms with Gasteiger partial charge in [0.25, 0.3) is 5.88 Å². The van der Waals surface area contributed by atoms with Crippen LogP contribution in [0.25, 0.3) is 0 Å². The second-order valence-corrected chi connectivity index (χ2v) is 5.28. The zero-order valence-electron chi connectivity index (χ0n) is 12.4. The van der Waals surface area contributed by atoms with E-state index >= 15 is 0 Å². The van der Waals surface area contributed by atoms with Gasteiger partial charge in [0.2, 0.25) is 5.75 Å². The first-order valence-electron chi connectivity index (χ1n) is 7.17.